The van der Waals surface area contributed by atoms with Gasteiger partial charge >= 0.3 is 5.69 Å². The molecule has 0 saturated heterocycles. The molecule has 0 saturated carbocycles. The maximum absolute atomic E-state index is 11.3. The number of nitrogens with one attached hydrogen (secondary N) is 1. The molecule has 0 atom stereocenters. The van der Waals surface area contributed by atoms with Gasteiger partial charge in [0.25, 0.3) is 0 Å². The first-order valence-electron chi connectivity index (χ1n) is 6.71. The summed E-state index contributed by atoms with van der Waals surface area (Å²) >= 11 is 0. The molecule has 1 aromatic carbocycles. The van der Waals surface area contributed by atoms with Crippen molar-refractivity contribution in [3.8, 4) is 0 Å². The smallest absolute Gasteiger partial charge is 0.331 e. The summed E-state index contributed by atoms with van der Waals surface area (Å²) in [4.78, 5) is 24.1. The van der Waals surface area contributed by atoms with Crippen LogP contribution in [0.1, 0.15) is 11.1 Å². The van der Waals surface area contributed by atoms with Crippen molar-refractivity contribution in [1.29, 1.82) is 0 Å². The van der Waals surface area contributed by atoms with Crippen LogP contribution in [0.15, 0.2) is 41.5 Å². The fourth-order valence-electron chi connectivity index (χ4n) is 2.32. The molecule has 3 aromatic rings. The number of hydrogen-bond donors (Lipinski definition) is 1. The van der Waals surface area contributed by atoms with Crippen molar-refractivity contribution in [2.75, 3.05) is 11.9 Å². The van der Waals surface area contributed by atoms with E-state index in [-0.39, 0.29) is 5.69 Å². The van der Waals surface area contributed by atoms with Gasteiger partial charge in [0.2, 0.25) is 0 Å². The van der Waals surface area contributed by atoms with Gasteiger partial charge in [0.15, 0.2) is 0 Å². The highest BCUT2D eigenvalue weighted by Gasteiger charge is 2.08. The summed E-state index contributed by atoms with van der Waals surface area (Å²) in [7, 11) is 1.90. The van der Waals surface area contributed by atoms with Gasteiger partial charge in [0.05, 0.1) is 5.52 Å². The monoisotopic (exact) mass is 280 g/mol. The lowest BCUT2D eigenvalue weighted by Gasteiger charge is -2.19. The number of nitrogens with zero attached hydrogens (tertiary/aromatic N) is 3. The second-order valence-corrected chi connectivity index (χ2v) is 5.09. The van der Waals surface area contributed by atoms with E-state index in [2.05, 4.69) is 34.9 Å². The van der Waals surface area contributed by atoms with Gasteiger partial charge in [-0.25, -0.2) is 9.78 Å². The largest absolute Gasteiger partial charge is 0.346 e. The fourth-order valence-corrected chi connectivity index (χ4v) is 2.32. The van der Waals surface area contributed by atoms with Crippen LogP contribution < -0.4 is 10.6 Å². The number of aromatic nitrogens is 3. The summed E-state index contributed by atoms with van der Waals surface area (Å²) in [6, 6.07) is 7.87. The van der Waals surface area contributed by atoms with Crippen molar-refractivity contribution in [3.05, 3.63) is 58.3 Å². The third-order valence-corrected chi connectivity index (χ3v) is 3.78. The lowest BCUT2D eigenvalue weighted by Crippen LogP contribution is -2.17. The van der Waals surface area contributed by atoms with Crippen LogP contribution in [0.2, 0.25) is 0 Å². The van der Waals surface area contributed by atoms with Crippen LogP contribution in [-0.2, 0) is 0 Å². The molecule has 0 spiro atoms. The Labute approximate surface area is 122 Å². The highest BCUT2D eigenvalue weighted by molar-refractivity contribution is 5.86. The second-order valence-electron chi connectivity index (χ2n) is 5.09. The molecule has 1 N–H and O–H groups in total. The summed E-state index contributed by atoms with van der Waals surface area (Å²) in [6.45, 7) is 4.16. The van der Waals surface area contributed by atoms with E-state index in [1.54, 1.807) is 6.07 Å². The van der Waals surface area contributed by atoms with Crippen LogP contribution in [0, 0.1) is 13.8 Å². The molecule has 106 valence electrons. The molecule has 0 aliphatic heterocycles. The van der Waals surface area contributed by atoms with Crippen LogP contribution in [0.4, 0.5) is 11.5 Å². The van der Waals surface area contributed by atoms with E-state index in [1.165, 1.54) is 17.3 Å². The van der Waals surface area contributed by atoms with Crippen LogP contribution in [0.25, 0.3) is 10.9 Å². The molecule has 0 fully saturated rings. The minimum absolute atomic E-state index is 0.357. The lowest BCUT2D eigenvalue weighted by atomic mass is 10.1. The second kappa shape index (κ2) is 5.01. The van der Waals surface area contributed by atoms with Gasteiger partial charge < -0.3 is 4.90 Å². The molecule has 21 heavy (non-hydrogen) atoms. The van der Waals surface area contributed by atoms with Gasteiger partial charge in [-0.2, -0.15) is 0 Å². The molecule has 0 aliphatic carbocycles. The predicted molar refractivity (Wildman–Crippen MR) is 84.1 cm³/mol. The van der Waals surface area contributed by atoms with Gasteiger partial charge in [-0.3, -0.25) is 9.97 Å². The molecule has 0 aliphatic rings. The van der Waals surface area contributed by atoms with Crippen molar-refractivity contribution < 1.29 is 0 Å². The number of anilines is 2. The molecule has 5 nitrogen and oxygen atoms in total. The number of aryl methyl sites for hydroxylation is 2. The van der Waals surface area contributed by atoms with Crippen LogP contribution in [0.3, 0.4) is 0 Å². The number of H-pyrrole nitrogens is 1. The summed E-state index contributed by atoms with van der Waals surface area (Å²) < 4.78 is 0. The normalized spacial score (nSPS) is 10.8. The van der Waals surface area contributed by atoms with Crippen molar-refractivity contribution in [2.45, 2.75) is 13.8 Å². The number of benzene rings is 1. The lowest BCUT2D eigenvalue weighted by molar-refractivity contribution is 1.03. The maximum atomic E-state index is 11.3. The average molecular weight is 280 g/mol. The SMILES string of the molecule is Cc1cnc2cc(N(C)c3ccnc(=O)[nH]3)ccc2c1C. The first-order valence-corrected chi connectivity index (χ1v) is 6.71. The van der Waals surface area contributed by atoms with Crippen molar-refractivity contribution in [2.24, 2.45) is 0 Å². The zero-order valence-electron chi connectivity index (χ0n) is 12.2. The number of hydrogen-bond acceptors (Lipinski definition) is 4. The van der Waals surface area contributed by atoms with E-state index < -0.39 is 0 Å². The Morgan fingerprint density at radius 2 is 1.95 bits per heavy atom. The maximum Gasteiger partial charge on any atom is 0.346 e. The molecule has 0 amide bonds. The van der Waals surface area contributed by atoms with Gasteiger partial charge in [0, 0.05) is 30.5 Å². The van der Waals surface area contributed by atoms with Gasteiger partial charge in [0.1, 0.15) is 5.82 Å². The van der Waals surface area contributed by atoms with Crippen molar-refractivity contribution >= 4 is 22.4 Å². The summed E-state index contributed by atoms with van der Waals surface area (Å²) in [6.07, 6.45) is 3.38. The van der Waals surface area contributed by atoms with E-state index in [1.807, 2.05) is 30.3 Å². The number of aromatic amines is 1. The fraction of sp³-hybridized carbons (Fsp3) is 0.188. The molecule has 2 aromatic heterocycles. The van der Waals surface area contributed by atoms with E-state index in [9.17, 15) is 4.79 Å². The Bertz CT molecular complexity index is 870. The quantitative estimate of drug-likeness (QED) is 0.784. The van der Waals surface area contributed by atoms with Gasteiger partial charge in [-0.05, 0) is 43.2 Å². The van der Waals surface area contributed by atoms with Gasteiger partial charge in [-0.15, -0.1) is 0 Å². The predicted octanol–water partition coefficient (Wildman–Crippen LogP) is 2.70. The Kier molecular flexibility index (Phi) is 3.17. The Hall–Kier alpha value is -2.69. The van der Waals surface area contributed by atoms with Gasteiger partial charge in [-0.1, -0.05) is 6.07 Å². The molecule has 2 heterocycles. The summed E-state index contributed by atoms with van der Waals surface area (Å²) in [5.41, 5.74) is 3.97. The average Bonchev–Trinajstić information content (AvgIpc) is 2.50. The van der Waals surface area contributed by atoms with Crippen molar-refractivity contribution in [3.63, 3.8) is 0 Å². The zero-order chi connectivity index (χ0) is 15.0. The third kappa shape index (κ3) is 2.38. The van der Waals surface area contributed by atoms with Crippen molar-refractivity contribution in [1.82, 2.24) is 15.0 Å². The minimum atomic E-state index is -0.357. The topological polar surface area (TPSA) is 61.9 Å². The van der Waals surface area contributed by atoms with E-state index in [0.717, 1.165) is 16.6 Å². The first-order chi connectivity index (χ1) is 10.1. The molecular weight excluding hydrogens is 264 g/mol. The molecule has 3 rings (SSSR count). The third-order valence-electron chi connectivity index (χ3n) is 3.78. The van der Waals surface area contributed by atoms with Crippen LogP contribution in [-0.4, -0.2) is 22.0 Å². The molecular formula is C16H16N4O. The Morgan fingerprint density at radius 3 is 2.71 bits per heavy atom. The van der Waals surface area contributed by atoms with E-state index in [0.29, 0.717) is 5.82 Å². The number of pyridine rings is 1. The Balaban J connectivity index is 2.09. The standard InChI is InChI=1S/C16H16N4O/c1-10-9-18-14-8-12(4-5-13(14)11(10)2)20(3)15-6-7-17-16(21)19-15/h4-9H,1-3H3,(H,17,19,21). The summed E-state index contributed by atoms with van der Waals surface area (Å²) in [5, 5.41) is 1.15. The first kappa shape index (κ1) is 13.3. The molecule has 0 bridgehead atoms. The van der Waals surface area contributed by atoms with E-state index in [4.69, 9.17) is 0 Å². The highest BCUT2D eigenvalue weighted by Crippen LogP contribution is 2.26. The summed E-state index contributed by atoms with van der Waals surface area (Å²) in [5.74, 6) is 0.693. The molecule has 5 heteroatoms. The van der Waals surface area contributed by atoms with E-state index >= 15 is 0 Å². The number of fused-ring (bicyclic) bond motifs is 1. The zero-order valence-corrected chi connectivity index (χ0v) is 12.2. The molecule has 0 unspecified atom stereocenters. The van der Waals surface area contributed by atoms with Crippen LogP contribution in [0.5, 0.6) is 0 Å². The highest BCUT2D eigenvalue weighted by atomic mass is 16.1. The van der Waals surface area contributed by atoms with Crippen LogP contribution >= 0.6 is 0 Å². The Morgan fingerprint density at radius 1 is 1.14 bits per heavy atom. The minimum Gasteiger partial charge on any atom is -0.331 e. The molecule has 0 radical (unpaired) electrons. The number of rotatable bonds is 2.